The molecule has 5 heteroatoms. The summed E-state index contributed by atoms with van der Waals surface area (Å²) in [4.78, 5) is 22.3. The van der Waals surface area contributed by atoms with Crippen LogP contribution in [0, 0.1) is 6.92 Å². The normalized spacial score (nSPS) is 9.76. The summed E-state index contributed by atoms with van der Waals surface area (Å²) >= 11 is 0. The molecule has 2 amide bonds. The zero-order chi connectivity index (χ0) is 12.8. The molecule has 0 atom stereocenters. The Morgan fingerprint density at radius 1 is 1.35 bits per heavy atom. The second-order valence-electron chi connectivity index (χ2n) is 3.75. The molecule has 0 saturated heterocycles. The van der Waals surface area contributed by atoms with E-state index in [4.69, 9.17) is 5.73 Å². The highest BCUT2D eigenvalue weighted by Crippen LogP contribution is 2.14. The number of carbonyl (C=O) groups is 2. The summed E-state index contributed by atoms with van der Waals surface area (Å²) in [5.74, 6) is -0.612. The first kappa shape index (κ1) is 13.0. The van der Waals surface area contributed by atoms with Crippen molar-refractivity contribution in [2.75, 3.05) is 18.9 Å². The number of hydrogen-bond donors (Lipinski definition) is 3. The minimum atomic E-state index is -0.424. The lowest BCUT2D eigenvalue weighted by molar-refractivity contribution is -0.117. The van der Waals surface area contributed by atoms with E-state index in [-0.39, 0.29) is 18.9 Å². The standard InChI is InChI=1S/C12H17N3O2/c1-8-7-9(14-2)3-4-10(8)12(17)15-6-5-11(13)16/h3-4,7,14H,5-6H2,1-2H3,(H2,13,16)(H,15,17). The molecule has 0 aliphatic heterocycles. The summed E-state index contributed by atoms with van der Waals surface area (Å²) in [5.41, 5.74) is 7.43. The molecular formula is C12H17N3O2. The van der Waals surface area contributed by atoms with Gasteiger partial charge in [0.1, 0.15) is 0 Å². The number of benzene rings is 1. The van der Waals surface area contributed by atoms with Crippen LogP contribution in [-0.4, -0.2) is 25.4 Å². The molecule has 0 aliphatic carbocycles. The van der Waals surface area contributed by atoms with Crippen LogP contribution in [0.5, 0.6) is 0 Å². The summed E-state index contributed by atoms with van der Waals surface area (Å²) in [6.45, 7) is 2.13. The van der Waals surface area contributed by atoms with Crippen molar-refractivity contribution in [2.24, 2.45) is 5.73 Å². The zero-order valence-corrected chi connectivity index (χ0v) is 10.0. The smallest absolute Gasteiger partial charge is 0.251 e. The van der Waals surface area contributed by atoms with Crippen molar-refractivity contribution in [1.29, 1.82) is 0 Å². The zero-order valence-electron chi connectivity index (χ0n) is 10.0. The lowest BCUT2D eigenvalue weighted by atomic mass is 10.1. The topological polar surface area (TPSA) is 84.2 Å². The van der Waals surface area contributed by atoms with Gasteiger partial charge in [0.15, 0.2) is 0 Å². The minimum absolute atomic E-state index is 0.152. The van der Waals surface area contributed by atoms with Crippen molar-refractivity contribution in [1.82, 2.24) is 5.32 Å². The second-order valence-corrected chi connectivity index (χ2v) is 3.75. The Bertz CT molecular complexity index is 430. The van der Waals surface area contributed by atoms with Gasteiger partial charge in [-0.1, -0.05) is 0 Å². The summed E-state index contributed by atoms with van der Waals surface area (Å²) in [5, 5.41) is 5.65. The number of primary amides is 1. The van der Waals surface area contributed by atoms with E-state index in [0.29, 0.717) is 5.56 Å². The number of rotatable bonds is 5. The van der Waals surface area contributed by atoms with Gasteiger partial charge in [-0.15, -0.1) is 0 Å². The first-order valence-corrected chi connectivity index (χ1v) is 5.39. The van der Waals surface area contributed by atoms with Crippen molar-refractivity contribution in [3.8, 4) is 0 Å². The number of amides is 2. The fraction of sp³-hybridized carbons (Fsp3) is 0.333. The van der Waals surface area contributed by atoms with Crippen LogP contribution < -0.4 is 16.4 Å². The van der Waals surface area contributed by atoms with E-state index in [2.05, 4.69) is 10.6 Å². The maximum Gasteiger partial charge on any atom is 0.251 e. The van der Waals surface area contributed by atoms with Crippen LogP contribution in [0.25, 0.3) is 0 Å². The van der Waals surface area contributed by atoms with Crippen LogP contribution in [0.4, 0.5) is 5.69 Å². The van der Waals surface area contributed by atoms with Crippen LogP contribution in [-0.2, 0) is 4.79 Å². The van der Waals surface area contributed by atoms with Gasteiger partial charge in [-0.25, -0.2) is 0 Å². The molecule has 0 heterocycles. The Labute approximate surface area is 100 Å². The number of carbonyl (C=O) groups excluding carboxylic acids is 2. The van der Waals surface area contributed by atoms with E-state index >= 15 is 0 Å². The molecule has 0 radical (unpaired) electrons. The largest absolute Gasteiger partial charge is 0.388 e. The van der Waals surface area contributed by atoms with Gasteiger partial charge in [-0.3, -0.25) is 9.59 Å². The first-order chi connectivity index (χ1) is 8.04. The van der Waals surface area contributed by atoms with E-state index < -0.39 is 5.91 Å². The van der Waals surface area contributed by atoms with Crippen LogP contribution in [0.1, 0.15) is 22.3 Å². The van der Waals surface area contributed by atoms with Crippen molar-refractivity contribution < 1.29 is 9.59 Å². The third-order valence-electron chi connectivity index (χ3n) is 2.42. The summed E-state index contributed by atoms with van der Waals surface area (Å²) in [6.07, 6.45) is 0.152. The third kappa shape index (κ3) is 3.79. The fourth-order valence-corrected chi connectivity index (χ4v) is 1.47. The predicted octanol–water partition coefficient (Wildman–Crippen LogP) is 0.642. The van der Waals surface area contributed by atoms with Crippen molar-refractivity contribution in [2.45, 2.75) is 13.3 Å². The molecule has 92 valence electrons. The third-order valence-corrected chi connectivity index (χ3v) is 2.42. The van der Waals surface area contributed by atoms with Gasteiger partial charge < -0.3 is 16.4 Å². The molecular weight excluding hydrogens is 218 g/mol. The Kier molecular flexibility index (Phi) is 4.51. The van der Waals surface area contributed by atoms with Gasteiger partial charge in [0, 0.05) is 31.3 Å². The Morgan fingerprint density at radius 3 is 2.59 bits per heavy atom. The second kappa shape index (κ2) is 5.89. The van der Waals surface area contributed by atoms with Gasteiger partial charge in [-0.05, 0) is 30.7 Å². The molecule has 17 heavy (non-hydrogen) atoms. The molecule has 0 aliphatic rings. The molecule has 0 fully saturated rings. The van der Waals surface area contributed by atoms with E-state index in [0.717, 1.165) is 11.3 Å². The molecule has 0 bridgehead atoms. The number of nitrogens with two attached hydrogens (primary N) is 1. The minimum Gasteiger partial charge on any atom is -0.388 e. The van der Waals surface area contributed by atoms with E-state index in [9.17, 15) is 9.59 Å². The number of nitrogens with one attached hydrogen (secondary N) is 2. The molecule has 1 aromatic carbocycles. The molecule has 0 saturated carbocycles. The SMILES string of the molecule is CNc1ccc(C(=O)NCCC(N)=O)c(C)c1. The quantitative estimate of drug-likeness (QED) is 0.700. The van der Waals surface area contributed by atoms with E-state index in [1.54, 1.807) is 6.07 Å². The van der Waals surface area contributed by atoms with Gasteiger partial charge in [0.2, 0.25) is 5.91 Å². The lowest BCUT2D eigenvalue weighted by Gasteiger charge is -2.08. The van der Waals surface area contributed by atoms with Crippen LogP contribution >= 0.6 is 0 Å². The molecule has 1 aromatic rings. The van der Waals surface area contributed by atoms with Gasteiger partial charge in [0.05, 0.1) is 0 Å². The number of hydrogen-bond acceptors (Lipinski definition) is 3. The van der Waals surface area contributed by atoms with Gasteiger partial charge in [0.25, 0.3) is 5.91 Å². The Morgan fingerprint density at radius 2 is 2.06 bits per heavy atom. The maximum absolute atomic E-state index is 11.8. The number of anilines is 1. The van der Waals surface area contributed by atoms with E-state index in [1.165, 1.54) is 0 Å². The first-order valence-electron chi connectivity index (χ1n) is 5.39. The van der Waals surface area contributed by atoms with Crippen molar-refractivity contribution in [3.05, 3.63) is 29.3 Å². The Hall–Kier alpha value is -2.04. The van der Waals surface area contributed by atoms with Gasteiger partial charge in [-0.2, -0.15) is 0 Å². The lowest BCUT2D eigenvalue weighted by Crippen LogP contribution is -2.28. The molecule has 0 aromatic heterocycles. The van der Waals surface area contributed by atoms with E-state index in [1.807, 2.05) is 26.1 Å². The van der Waals surface area contributed by atoms with Crippen LogP contribution in [0.15, 0.2) is 18.2 Å². The molecule has 4 N–H and O–H groups in total. The summed E-state index contributed by atoms with van der Waals surface area (Å²) in [7, 11) is 1.82. The average molecular weight is 235 g/mol. The molecule has 0 unspecified atom stereocenters. The molecule has 1 rings (SSSR count). The molecule has 0 spiro atoms. The predicted molar refractivity (Wildman–Crippen MR) is 66.9 cm³/mol. The molecule has 5 nitrogen and oxygen atoms in total. The highest BCUT2D eigenvalue weighted by Gasteiger charge is 2.08. The van der Waals surface area contributed by atoms with Gasteiger partial charge >= 0.3 is 0 Å². The highest BCUT2D eigenvalue weighted by molar-refractivity contribution is 5.96. The highest BCUT2D eigenvalue weighted by atomic mass is 16.2. The summed E-state index contributed by atoms with van der Waals surface area (Å²) in [6, 6.07) is 5.47. The van der Waals surface area contributed by atoms with Crippen LogP contribution in [0.2, 0.25) is 0 Å². The van der Waals surface area contributed by atoms with Crippen LogP contribution in [0.3, 0.4) is 0 Å². The van der Waals surface area contributed by atoms with Crippen molar-refractivity contribution in [3.63, 3.8) is 0 Å². The Balaban J connectivity index is 2.66. The maximum atomic E-state index is 11.8. The monoisotopic (exact) mass is 235 g/mol. The summed E-state index contributed by atoms with van der Waals surface area (Å²) < 4.78 is 0. The average Bonchev–Trinajstić information content (AvgIpc) is 2.28. The van der Waals surface area contributed by atoms with Crippen molar-refractivity contribution >= 4 is 17.5 Å². The fourth-order valence-electron chi connectivity index (χ4n) is 1.47. The number of aryl methyl sites for hydroxylation is 1.